The van der Waals surface area contributed by atoms with E-state index in [4.69, 9.17) is 4.74 Å². The van der Waals surface area contributed by atoms with E-state index in [1.165, 1.54) is 0 Å². The van der Waals surface area contributed by atoms with Crippen molar-refractivity contribution in [3.63, 3.8) is 0 Å². The number of hydrogen-bond donors (Lipinski definition) is 0. The zero-order valence-corrected chi connectivity index (χ0v) is 16.9. The van der Waals surface area contributed by atoms with Gasteiger partial charge in [0.05, 0.1) is 12.3 Å². The number of imidazole rings is 1. The fourth-order valence-electron chi connectivity index (χ4n) is 4.03. The molecule has 0 atom stereocenters. The highest BCUT2D eigenvalue weighted by Gasteiger charge is 2.40. The average molecular weight is 396 g/mol. The van der Waals surface area contributed by atoms with E-state index in [1.54, 1.807) is 0 Å². The van der Waals surface area contributed by atoms with Crippen molar-refractivity contribution in [1.29, 1.82) is 0 Å². The SMILES string of the molecule is CCOCc1cn(C(c2ccccc2)(c2ccccc2)c2ccccc2)c(C=O)n1. The molecule has 0 amide bonds. The van der Waals surface area contributed by atoms with Gasteiger partial charge in [-0.3, -0.25) is 4.79 Å². The molecule has 3 aromatic carbocycles. The molecule has 0 saturated heterocycles. The largest absolute Gasteiger partial charge is 0.375 e. The Morgan fingerprint density at radius 3 is 1.70 bits per heavy atom. The lowest BCUT2D eigenvalue weighted by atomic mass is 9.76. The Bertz CT molecular complexity index is 993. The Kier molecular flexibility index (Phi) is 5.87. The highest BCUT2D eigenvalue weighted by atomic mass is 16.5. The minimum atomic E-state index is -0.752. The first-order valence-corrected chi connectivity index (χ1v) is 10.1. The summed E-state index contributed by atoms with van der Waals surface area (Å²) in [5.74, 6) is 0.362. The van der Waals surface area contributed by atoms with Gasteiger partial charge in [0.15, 0.2) is 12.1 Å². The van der Waals surface area contributed by atoms with Crippen LogP contribution in [0.3, 0.4) is 0 Å². The topological polar surface area (TPSA) is 44.1 Å². The normalized spacial score (nSPS) is 11.4. The van der Waals surface area contributed by atoms with Crippen LogP contribution < -0.4 is 0 Å². The molecule has 4 nitrogen and oxygen atoms in total. The number of carbonyl (C=O) groups excluding carboxylic acids is 1. The molecule has 0 N–H and O–H groups in total. The number of rotatable bonds is 8. The van der Waals surface area contributed by atoms with Crippen molar-refractivity contribution in [1.82, 2.24) is 9.55 Å². The molecule has 0 aliphatic carbocycles. The monoisotopic (exact) mass is 396 g/mol. The van der Waals surface area contributed by atoms with E-state index in [-0.39, 0.29) is 0 Å². The van der Waals surface area contributed by atoms with Crippen LogP contribution in [0.25, 0.3) is 0 Å². The van der Waals surface area contributed by atoms with Gasteiger partial charge in [0.2, 0.25) is 0 Å². The lowest BCUT2D eigenvalue weighted by Crippen LogP contribution is -2.38. The fourth-order valence-corrected chi connectivity index (χ4v) is 4.03. The van der Waals surface area contributed by atoms with E-state index in [0.29, 0.717) is 19.0 Å². The molecule has 4 heteroatoms. The Balaban J connectivity index is 2.09. The Morgan fingerprint density at radius 2 is 1.30 bits per heavy atom. The zero-order chi connectivity index (χ0) is 20.8. The quantitative estimate of drug-likeness (QED) is 0.308. The first-order chi connectivity index (χ1) is 14.8. The van der Waals surface area contributed by atoms with Gasteiger partial charge in [-0.15, -0.1) is 0 Å². The summed E-state index contributed by atoms with van der Waals surface area (Å²) < 4.78 is 7.55. The van der Waals surface area contributed by atoms with Crippen molar-refractivity contribution >= 4 is 6.29 Å². The maximum atomic E-state index is 12.1. The molecule has 30 heavy (non-hydrogen) atoms. The molecule has 0 aliphatic heterocycles. The summed E-state index contributed by atoms with van der Waals surface area (Å²) in [6.45, 7) is 2.89. The van der Waals surface area contributed by atoms with Gasteiger partial charge in [0.1, 0.15) is 5.54 Å². The predicted octanol–water partition coefficient (Wildman–Crippen LogP) is 5.07. The van der Waals surface area contributed by atoms with Crippen LogP contribution in [0.15, 0.2) is 97.2 Å². The second-order valence-corrected chi connectivity index (χ2v) is 7.02. The van der Waals surface area contributed by atoms with Crippen molar-refractivity contribution in [3.05, 3.63) is 125 Å². The summed E-state index contributed by atoms with van der Waals surface area (Å²) in [5.41, 5.74) is 3.12. The summed E-state index contributed by atoms with van der Waals surface area (Å²) in [4.78, 5) is 16.7. The van der Waals surface area contributed by atoms with E-state index in [1.807, 2.05) is 72.3 Å². The molecule has 0 spiro atoms. The van der Waals surface area contributed by atoms with Gasteiger partial charge < -0.3 is 9.30 Å². The fraction of sp³-hybridized carbons (Fsp3) is 0.154. The third-order valence-corrected chi connectivity index (χ3v) is 5.28. The number of hydrogen-bond acceptors (Lipinski definition) is 3. The van der Waals surface area contributed by atoms with Gasteiger partial charge in [-0.05, 0) is 23.6 Å². The molecular formula is C26H24N2O2. The summed E-state index contributed by atoms with van der Waals surface area (Å²) in [6, 6.07) is 30.7. The maximum absolute atomic E-state index is 12.1. The van der Waals surface area contributed by atoms with Crippen molar-refractivity contribution in [3.8, 4) is 0 Å². The summed E-state index contributed by atoms with van der Waals surface area (Å²) in [5, 5.41) is 0. The lowest BCUT2D eigenvalue weighted by Gasteiger charge is -2.38. The second kappa shape index (κ2) is 8.89. The second-order valence-electron chi connectivity index (χ2n) is 7.02. The number of carbonyl (C=O) groups is 1. The van der Waals surface area contributed by atoms with Gasteiger partial charge in [0, 0.05) is 12.8 Å². The van der Waals surface area contributed by atoms with Crippen LogP contribution in [-0.4, -0.2) is 22.4 Å². The van der Waals surface area contributed by atoms with Crippen LogP contribution in [0.4, 0.5) is 0 Å². The van der Waals surface area contributed by atoms with E-state index in [0.717, 1.165) is 28.7 Å². The van der Waals surface area contributed by atoms with Crippen LogP contribution in [0, 0.1) is 0 Å². The third kappa shape index (κ3) is 3.46. The highest BCUT2D eigenvalue weighted by Crippen LogP contribution is 2.41. The highest BCUT2D eigenvalue weighted by molar-refractivity contribution is 5.71. The number of benzene rings is 3. The van der Waals surface area contributed by atoms with Crippen LogP contribution >= 0.6 is 0 Å². The van der Waals surface area contributed by atoms with E-state index in [9.17, 15) is 4.79 Å². The number of nitrogens with zero attached hydrogens (tertiary/aromatic N) is 2. The van der Waals surface area contributed by atoms with Crippen LogP contribution in [0.2, 0.25) is 0 Å². The molecule has 1 heterocycles. The number of aromatic nitrogens is 2. The standard InChI is InChI=1S/C26H24N2O2/c1-2-30-20-24-18-28(25(19-29)27-24)26(21-12-6-3-7-13-21,22-14-8-4-9-15-22)23-16-10-5-11-17-23/h3-19H,2,20H2,1H3. The molecule has 4 aromatic rings. The predicted molar refractivity (Wildman–Crippen MR) is 118 cm³/mol. The van der Waals surface area contributed by atoms with Gasteiger partial charge in [-0.25, -0.2) is 4.98 Å². The van der Waals surface area contributed by atoms with Crippen molar-refractivity contribution in [2.75, 3.05) is 6.61 Å². The maximum Gasteiger partial charge on any atom is 0.185 e. The first-order valence-electron chi connectivity index (χ1n) is 10.1. The summed E-state index contributed by atoms with van der Waals surface area (Å²) in [6.07, 6.45) is 2.76. The molecule has 0 unspecified atom stereocenters. The van der Waals surface area contributed by atoms with Crippen molar-refractivity contribution < 1.29 is 9.53 Å². The van der Waals surface area contributed by atoms with E-state index < -0.39 is 5.54 Å². The minimum absolute atomic E-state index is 0.360. The number of aldehydes is 1. The molecule has 0 aliphatic rings. The van der Waals surface area contributed by atoms with Crippen LogP contribution in [0.1, 0.15) is 39.9 Å². The van der Waals surface area contributed by atoms with Crippen LogP contribution in [-0.2, 0) is 16.9 Å². The number of ether oxygens (including phenoxy) is 1. The van der Waals surface area contributed by atoms with Crippen molar-refractivity contribution in [2.45, 2.75) is 19.1 Å². The molecule has 150 valence electrons. The minimum Gasteiger partial charge on any atom is -0.375 e. The summed E-state index contributed by atoms with van der Waals surface area (Å²) in [7, 11) is 0. The molecule has 0 fully saturated rings. The smallest absolute Gasteiger partial charge is 0.185 e. The van der Waals surface area contributed by atoms with E-state index in [2.05, 4.69) is 41.4 Å². The molecule has 4 rings (SSSR count). The van der Waals surface area contributed by atoms with Crippen LogP contribution in [0.5, 0.6) is 0 Å². The molecule has 0 saturated carbocycles. The molecule has 0 radical (unpaired) electrons. The van der Waals surface area contributed by atoms with Gasteiger partial charge in [0.25, 0.3) is 0 Å². The summed E-state index contributed by atoms with van der Waals surface area (Å²) >= 11 is 0. The Hall–Kier alpha value is -3.50. The van der Waals surface area contributed by atoms with Gasteiger partial charge in [-0.2, -0.15) is 0 Å². The third-order valence-electron chi connectivity index (χ3n) is 5.28. The lowest BCUT2D eigenvalue weighted by molar-refractivity contribution is 0.110. The zero-order valence-electron chi connectivity index (χ0n) is 16.9. The van der Waals surface area contributed by atoms with Gasteiger partial charge in [-0.1, -0.05) is 91.0 Å². The van der Waals surface area contributed by atoms with E-state index >= 15 is 0 Å². The van der Waals surface area contributed by atoms with Gasteiger partial charge >= 0.3 is 0 Å². The molecular weight excluding hydrogens is 372 g/mol. The molecule has 0 bridgehead atoms. The van der Waals surface area contributed by atoms with Crippen molar-refractivity contribution in [2.24, 2.45) is 0 Å². The first kappa shape index (κ1) is 19.8. The average Bonchev–Trinajstić information content (AvgIpc) is 3.24. The Labute approximate surface area is 176 Å². The Morgan fingerprint density at radius 1 is 0.833 bits per heavy atom. The molecule has 1 aromatic heterocycles.